The van der Waals surface area contributed by atoms with Gasteiger partial charge in [-0.15, -0.1) is 11.8 Å². The molecule has 0 aliphatic heterocycles. The second kappa shape index (κ2) is 10.9. The Morgan fingerprint density at radius 1 is 1.03 bits per heavy atom. The van der Waals surface area contributed by atoms with Crippen molar-refractivity contribution in [1.29, 1.82) is 0 Å². The molecule has 0 bridgehead atoms. The van der Waals surface area contributed by atoms with Gasteiger partial charge < -0.3 is 10.2 Å². The van der Waals surface area contributed by atoms with Gasteiger partial charge in [-0.3, -0.25) is 9.59 Å². The molecule has 29 heavy (non-hydrogen) atoms. The van der Waals surface area contributed by atoms with Crippen LogP contribution in [0.3, 0.4) is 0 Å². The van der Waals surface area contributed by atoms with Gasteiger partial charge in [0, 0.05) is 33.1 Å². The zero-order valence-electron chi connectivity index (χ0n) is 17.0. The van der Waals surface area contributed by atoms with Crippen LogP contribution in [0, 0.1) is 6.92 Å². The lowest BCUT2D eigenvalue weighted by Crippen LogP contribution is -2.49. The third-order valence-electron chi connectivity index (χ3n) is 4.37. The zero-order valence-corrected chi connectivity index (χ0v) is 19.4. The summed E-state index contributed by atoms with van der Waals surface area (Å²) in [6.45, 7) is 7.67. The summed E-state index contributed by atoms with van der Waals surface area (Å²) in [6.07, 6.45) is 0. The maximum atomic E-state index is 13.1. The summed E-state index contributed by atoms with van der Waals surface area (Å²) in [6, 6.07) is 12.5. The first-order chi connectivity index (χ1) is 13.7. The Morgan fingerprint density at radius 3 is 2.17 bits per heavy atom. The van der Waals surface area contributed by atoms with E-state index in [1.165, 1.54) is 16.7 Å². The minimum Gasteiger partial charge on any atom is -0.352 e. The molecular weight excluding hydrogens is 427 g/mol. The number of nitrogens with zero attached hydrogens (tertiary/aromatic N) is 1. The summed E-state index contributed by atoms with van der Waals surface area (Å²) in [5, 5.41) is 3.81. The Bertz CT molecular complexity index is 836. The highest BCUT2D eigenvalue weighted by Crippen LogP contribution is 2.27. The molecule has 0 fully saturated rings. The van der Waals surface area contributed by atoms with Crippen LogP contribution in [0.2, 0.25) is 10.0 Å². The first kappa shape index (κ1) is 23.6. The number of hydrogen-bond acceptors (Lipinski definition) is 3. The molecule has 0 unspecified atom stereocenters. The Morgan fingerprint density at radius 2 is 1.62 bits per heavy atom. The van der Waals surface area contributed by atoms with Gasteiger partial charge in [0.1, 0.15) is 6.04 Å². The van der Waals surface area contributed by atoms with Crippen LogP contribution in [0.4, 0.5) is 0 Å². The first-order valence-corrected chi connectivity index (χ1v) is 11.2. The van der Waals surface area contributed by atoms with Crippen LogP contribution in [-0.2, 0) is 16.1 Å². The van der Waals surface area contributed by atoms with E-state index in [1.807, 2.05) is 45.0 Å². The van der Waals surface area contributed by atoms with E-state index in [0.717, 1.165) is 10.5 Å². The monoisotopic (exact) mass is 452 g/mol. The minimum absolute atomic E-state index is 0.0206. The van der Waals surface area contributed by atoms with Crippen molar-refractivity contribution in [2.24, 2.45) is 0 Å². The van der Waals surface area contributed by atoms with Crippen LogP contribution < -0.4 is 5.32 Å². The lowest BCUT2D eigenvalue weighted by molar-refractivity contribution is -0.138. The van der Waals surface area contributed by atoms with Crippen LogP contribution >= 0.6 is 35.0 Å². The second-order valence-electron chi connectivity index (χ2n) is 7.16. The third-order valence-corrected chi connectivity index (χ3v) is 6.08. The third kappa shape index (κ3) is 6.95. The molecule has 2 amide bonds. The minimum atomic E-state index is -0.657. The van der Waals surface area contributed by atoms with Gasteiger partial charge >= 0.3 is 0 Å². The molecule has 0 saturated heterocycles. The number of carbonyl (C=O) groups is 2. The standard InChI is InChI=1S/C22H26Cl2N2O2S/c1-14(2)25-22(28)16(4)26(12-18-19(23)6-5-7-20(18)24)21(27)13-29-17-10-8-15(3)9-11-17/h5-11,14,16H,12-13H2,1-4H3,(H,25,28)/t16-/m1/s1. The topological polar surface area (TPSA) is 49.4 Å². The van der Waals surface area contributed by atoms with Crippen molar-refractivity contribution in [2.45, 2.75) is 51.2 Å². The van der Waals surface area contributed by atoms with Crippen molar-refractivity contribution >= 4 is 46.8 Å². The molecule has 0 heterocycles. The van der Waals surface area contributed by atoms with E-state index in [2.05, 4.69) is 5.32 Å². The van der Waals surface area contributed by atoms with E-state index in [1.54, 1.807) is 25.1 Å². The van der Waals surface area contributed by atoms with Gasteiger partial charge in [-0.1, -0.05) is 47.0 Å². The second-order valence-corrected chi connectivity index (χ2v) is 9.03. The number of rotatable bonds is 8. The van der Waals surface area contributed by atoms with Crippen molar-refractivity contribution < 1.29 is 9.59 Å². The molecule has 156 valence electrons. The summed E-state index contributed by atoms with van der Waals surface area (Å²) in [4.78, 5) is 28.2. The molecule has 1 N–H and O–H groups in total. The van der Waals surface area contributed by atoms with Gasteiger partial charge in [-0.05, 0) is 52.0 Å². The molecule has 0 saturated carbocycles. The molecule has 2 aromatic carbocycles. The van der Waals surface area contributed by atoms with E-state index in [4.69, 9.17) is 23.2 Å². The fourth-order valence-electron chi connectivity index (χ4n) is 2.70. The number of amides is 2. The van der Waals surface area contributed by atoms with Gasteiger partial charge in [0.15, 0.2) is 0 Å². The number of carbonyl (C=O) groups excluding carboxylic acids is 2. The average Bonchev–Trinajstić information content (AvgIpc) is 2.66. The molecule has 0 aliphatic carbocycles. The number of aryl methyl sites for hydroxylation is 1. The number of halogens is 2. The van der Waals surface area contributed by atoms with Crippen molar-refractivity contribution in [3.63, 3.8) is 0 Å². The Labute approximate surface area is 187 Å². The molecule has 0 aliphatic rings. The summed E-state index contributed by atoms with van der Waals surface area (Å²) in [7, 11) is 0. The SMILES string of the molecule is Cc1ccc(SCC(=O)N(Cc2c(Cl)cccc2Cl)[C@H](C)C(=O)NC(C)C)cc1. The van der Waals surface area contributed by atoms with Gasteiger partial charge in [0.25, 0.3) is 0 Å². The van der Waals surface area contributed by atoms with E-state index in [-0.39, 0.29) is 30.2 Å². The summed E-state index contributed by atoms with van der Waals surface area (Å²) in [5.74, 6) is -0.153. The first-order valence-electron chi connectivity index (χ1n) is 9.41. The van der Waals surface area contributed by atoms with E-state index in [0.29, 0.717) is 15.6 Å². The van der Waals surface area contributed by atoms with Crippen LogP contribution in [0.1, 0.15) is 31.9 Å². The van der Waals surface area contributed by atoms with Gasteiger partial charge in [-0.25, -0.2) is 0 Å². The molecule has 0 spiro atoms. The maximum absolute atomic E-state index is 13.1. The largest absolute Gasteiger partial charge is 0.352 e. The summed E-state index contributed by atoms with van der Waals surface area (Å²) >= 11 is 14.1. The highest BCUT2D eigenvalue weighted by Gasteiger charge is 2.27. The van der Waals surface area contributed by atoms with E-state index < -0.39 is 6.04 Å². The molecule has 1 atom stereocenters. The van der Waals surface area contributed by atoms with Crippen LogP contribution in [-0.4, -0.2) is 34.6 Å². The molecular formula is C22H26Cl2N2O2S. The Balaban J connectivity index is 2.21. The highest BCUT2D eigenvalue weighted by atomic mass is 35.5. The zero-order chi connectivity index (χ0) is 21.6. The van der Waals surface area contributed by atoms with Gasteiger partial charge in [0.2, 0.25) is 11.8 Å². The van der Waals surface area contributed by atoms with Crippen molar-refractivity contribution in [2.75, 3.05) is 5.75 Å². The lowest BCUT2D eigenvalue weighted by atomic mass is 10.1. The van der Waals surface area contributed by atoms with Crippen molar-refractivity contribution in [3.05, 3.63) is 63.6 Å². The molecule has 2 rings (SSSR count). The van der Waals surface area contributed by atoms with E-state index >= 15 is 0 Å². The Hall–Kier alpha value is -1.69. The number of hydrogen-bond donors (Lipinski definition) is 1. The highest BCUT2D eigenvalue weighted by molar-refractivity contribution is 8.00. The fourth-order valence-corrected chi connectivity index (χ4v) is 4.01. The Kier molecular flexibility index (Phi) is 8.87. The quantitative estimate of drug-likeness (QED) is 0.550. The average molecular weight is 453 g/mol. The predicted molar refractivity (Wildman–Crippen MR) is 122 cm³/mol. The maximum Gasteiger partial charge on any atom is 0.242 e. The van der Waals surface area contributed by atoms with Gasteiger partial charge in [0.05, 0.1) is 5.75 Å². The van der Waals surface area contributed by atoms with Gasteiger partial charge in [-0.2, -0.15) is 0 Å². The van der Waals surface area contributed by atoms with Crippen molar-refractivity contribution in [1.82, 2.24) is 10.2 Å². The molecule has 4 nitrogen and oxygen atoms in total. The molecule has 0 radical (unpaired) electrons. The summed E-state index contributed by atoms with van der Waals surface area (Å²) in [5.41, 5.74) is 1.79. The van der Waals surface area contributed by atoms with Crippen molar-refractivity contribution in [3.8, 4) is 0 Å². The van der Waals surface area contributed by atoms with Crippen LogP contribution in [0.5, 0.6) is 0 Å². The summed E-state index contributed by atoms with van der Waals surface area (Å²) < 4.78 is 0. The fraction of sp³-hybridized carbons (Fsp3) is 0.364. The number of nitrogens with one attached hydrogen (secondary N) is 1. The smallest absolute Gasteiger partial charge is 0.242 e. The normalized spacial score (nSPS) is 12.0. The molecule has 7 heteroatoms. The molecule has 2 aromatic rings. The number of benzene rings is 2. The van der Waals surface area contributed by atoms with Crippen LogP contribution in [0.15, 0.2) is 47.4 Å². The predicted octanol–water partition coefficient (Wildman–Crippen LogP) is 5.34. The lowest BCUT2D eigenvalue weighted by Gasteiger charge is -2.30. The van der Waals surface area contributed by atoms with Crippen LogP contribution in [0.25, 0.3) is 0 Å². The number of thioether (sulfide) groups is 1. The van der Waals surface area contributed by atoms with E-state index in [9.17, 15) is 9.59 Å². The molecule has 0 aromatic heterocycles.